The number of pyridine rings is 1. The number of nitrogens with one attached hydrogen (secondary N) is 1. The number of para-hydroxylation sites is 1. The molecule has 1 aromatic carbocycles. The van der Waals surface area contributed by atoms with Crippen LogP contribution in [0.3, 0.4) is 0 Å². The fourth-order valence-corrected chi connectivity index (χ4v) is 3.49. The Bertz CT molecular complexity index is 998. The highest BCUT2D eigenvalue weighted by molar-refractivity contribution is 6.06. The molecule has 0 radical (unpaired) electrons. The number of nitrogens with two attached hydrogens (primary N) is 2. The third-order valence-corrected chi connectivity index (χ3v) is 4.82. The predicted molar refractivity (Wildman–Crippen MR) is 115 cm³/mol. The zero-order valence-electron chi connectivity index (χ0n) is 17.3. The number of nitrogens with zero attached hydrogens (tertiary/aromatic N) is 3. The van der Waals surface area contributed by atoms with E-state index >= 15 is 0 Å². The zero-order valence-corrected chi connectivity index (χ0v) is 17.3. The molecule has 0 aliphatic heterocycles. The lowest BCUT2D eigenvalue weighted by atomic mass is 10.0. The van der Waals surface area contributed by atoms with E-state index in [-0.39, 0.29) is 5.91 Å². The first-order chi connectivity index (χ1) is 13.9. The van der Waals surface area contributed by atoms with Crippen LogP contribution in [-0.2, 0) is 22.7 Å². The smallest absolute Gasteiger partial charge is 0.236 e. The molecule has 1 unspecified atom stereocenters. The number of benzene rings is 1. The first kappa shape index (κ1) is 21.0. The second kappa shape index (κ2) is 9.19. The van der Waals surface area contributed by atoms with Gasteiger partial charge in [-0.05, 0) is 25.3 Å². The van der Waals surface area contributed by atoms with Crippen molar-refractivity contribution in [1.82, 2.24) is 19.9 Å². The van der Waals surface area contributed by atoms with Crippen LogP contribution in [0.2, 0.25) is 0 Å². The summed E-state index contributed by atoms with van der Waals surface area (Å²) in [6, 6.07) is 7.32. The lowest BCUT2D eigenvalue weighted by Crippen LogP contribution is -2.42. The number of ether oxygens (including phenoxy) is 1. The summed E-state index contributed by atoms with van der Waals surface area (Å²) in [5.41, 5.74) is 14.5. The Morgan fingerprint density at radius 2 is 2.03 bits per heavy atom. The molecular formula is C21H30N6O2. The highest BCUT2D eigenvalue weighted by Crippen LogP contribution is 2.28. The van der Waals surface area contributed by atoms with E-state index in [0.717, 1.165) is 22.2 Å². The van der Waals surface area contributed by atoms with Gasteiger partial charge in [-0.3, -0.25) is 4.79 Å². The number of aromatic nitrogens is 3. The number of rotatable bonds is 9. The van der Waals surface area contributed by atoms with Gasteiger partial charge < -0.3 is 26.1 Å². The number of nitrogen functional groups attached to an aromatic ring is 1. The van der Waals surface area contributed by atoms with Gasteiger partial charge in [-0.1, -0.05) is 32.0 Å². The van der Waals surface area contributed by atoms with Crippen molar-refractivity contribution in [3.63, 3.8) is 0 Å². The van der Waals surface area contributed by atoms with E-state index in [1.165, 1.54) is 0 Å². The van der Waals surface area contributed by atoms with Crippen molar-refractivity contribution in [2.24, 2.45) is 11.7 Å². The maximum atomic E-state index is 12.3. The van der Waals surface area contributed by atoms with Crippen LogP contribution in [0.15, 0.2) is 24.3 Å². The number of hydrogen-bond acceptors (Lipinski definition) is 6. The molecule has 0 bridgehead atoms. The Balaban J connectivity index is 1.91. The van der Waals surface area contributed by atoms with Crippen LogP contribution in [-0.4, -0.2) is 39.6 Å². The van der Waals surface area contributed by atoms with Gasteiger partial charge in [0.25, 0.3) is 0 Å². The van der Waals surface area contributed by atoms with Gasteiger partial charge in [0.2, 0.25) is 5.91 Å². The van der Waals surface area contributed by atoms with Crippen molar-refractivity contribution in [2.45, 2.75) is 46.4 Å². The molecule has 2 heterocycles. The minimum absolute atomic E-state index is 0.138. The summed E-state index contributed by atoms with van der Waals surface area (Å²) in [6.07, 6.45) is 0.655. The van der Waals surface area contributed by atoms with Crippen LogP contribution >= 0.6 is 0 Å². The fourth-order valence-electron chi connectivity index (χ4n) is 3.49. The Kier molecular flexibility index (Phi) is 6.66. The summed E-state index contributed by atoms with van der Waals surface area (Å²) in [5, 5.41) is 3.90. The van der Waals surface area contributed by atoms with Gasteiger partial charge in [-0.2, -0.15) is 0 Å². The standard InChI is InChI=1S/C21H30N6O2/c1-4-29-12-17-26-18-19(14-7-5-6-8-16(14)25-20(18)23)27(17)10-9-24-21(28)15(22)11-13(2)3/h5-8,13,15H,4,9-12,22H2,1-3H3,(H2,23,25)(H,24,28). The van der Waals surface area contributed by atoms with Crippen molar-refractivity contribution < 1.29 is 9.53 Å². The molecular weight excluding hydrogens is 368 g/mol. The number of hydrogen-bond donors (Lipinski definition) is 3. The minimum atomic E-state index is -0.502. The summed E-state index contributed by atoms with van der Waals surface area (Å²) >= 11 is 0. The monoisotopic (exact) mass is 398 g/mol. The number of fused-ring (bicyclic) bond motifs is 3. The third kappa shape index (κ3) is 4.65. The Hall–Kier alpha value is -2.71. The van der Waals surface area contributed by atoms with Crippen molar-refractivity contribution in [3.05, 3.63) is 30.1 Å². The van der Waals surface area contributed by atoms with Crippen LogP contribution in [0.4, 0.5) is 5.82 Å². The zero-order chi connectivity index (χ0) is 21.0. The Morgan fingerprint density at radius 1 is 1.28 bits per heavy atom. The van der Waals surface area contributed by atoms with Crippen LogP contribution < -0.4 is 16.8 Å². The second-order valence-electron chi connectivity index (χ2n) is 7.56. The van der Waals surface area contributed by atoms with Crippen molar-refractivity contribution in [3.8, 4) is 0 Å². The largest absolute Gasteiger partial charge is 0.382 e. The van der Waals surface area contributed by atoms with Crippen LogP contribution in [0.1, 0.15) is 33.0 Å². The number of anilines is 1. The van der Waals surface area contributed by atoms with Gasteiger partial charge in [-0.25, -0.2) is 9.97 Å². The fraction of sp³-hybridized carbons (Fsp3) is 0.476. The summed E-state index contributed by atoms with van der Waals surface area (Å²) in [5.74, 6) is 1.37. The van der Waals surface area contributed by atoms with Gasteiger partial charge in [0.15, 0.2) is 5.82 Å². The first-order valence-corrected chi connectivity index (χ1v) is 10.1. The normalized spacial score (nSPS) is 12.7. The van der Waals surface area contributed by atoms with E-state index in [9.17, 15) is 4.79 Å². The van der Waals surface area contributed by atoms with E-state index in [2.05, 4.69) is 19.9 Å². The number of carbonyl (C=O) groups is 1. The van der Waals surface area contributed by atoms with Gasteiger partial charge in [0.1, 0.15) is 17.9 Å². The number of carbonyl (C=O) groups excluding carboxylic acids is 1. The highest BCUT2D eigenvalue weighted by atomic mass is 16.5. The lowest BCUT2D eigenvalue weighted by Gasteiger charge is -2.15. The molecule has 8 nitrogen and oxygen atoms in total. The molecule has 2 aromatic heterocycles. The molecule has 8 heteroatoms. The molecule has 5 N–H and O–H groups in total. The van der Waals surface area contributed by atoms with Crippen molar-refractivity contribution in [1.29, 1.82) is 0 Å². The van der Waals surface area contributed by atoms with E-state index in [1.807, 2.05) is 45.0 Å². The lowest BCUT2D eigenvalue weighted by molar-refractivity contribution is -0.122. The summed E-state index contributed by atoms with van der Waals surface area (Å²) in [6.45, 7) is 7.95. The highest BCUT2D eigenvalue weighted by Gasteiger charge is 2.18. The quantitative estimate of drug-likeness (QED) is 0.508. The minimum Gasteiger partial charge on any atom is -0.382 e. The molecule has 0 spiro atoms. The Morgan fingerprint density at radius 3 is 2.76 bits per heavy atom. The number of amides is 1. The first-order valence-electron chi connectivity index (χ1n) is 10.1. The van der Waals surface area contributed by atoms with Crippen molar-refractivity contribution in [2.75, 3.05) is 18.9 Å². The van der Waals surface area contributed by atoms with Crippen LogP contribution in [0.25, 0.3) is 21.9 Å². The molecule has 0 aliphatic rings. The molecule has 0 saturated carbocycles. The maximum Gasteiger partial charge on any atom is 0.236 e. The average molecular weight is 399 g/mol. The predicted octanol–water partition coefficient (Wildman–Crippen LogP) is 2.19. The maximum absolute atomic E-state index is 12.3. The van der Waals surface area contributed by atoms with E-state index in [1.54, 1.807) is 0 Å². The molecule has 3 rings (SSSR count). The van der Waals surface area contributed by atoms with Crippen molar-refractivity contribution >= 4 is 33.7 Å². The molecule has 0 saturated heterocycles. The Labute approximate surface area is 170 Å². The van der Waals surface area contributed by atoms with Gasteiger partial charge in [0, 0.05) is 25.1 Å². The van der Waals surface area contributed by atoms with Gasteiger partial charge in [0.05, 0.1) is 17.1 Å². The van der Waals surface area contributed by atoms with E-state index in [0.29, 0.717) is 50.0 Å². The van der Waals surface area contributed by atoms with E-state index < -0.39 is 6.04 Å². The molecule has 29 heavy (non-hydrogen) atoms. The molecule has 1 atom stereocenters. The number of imidazole rings is 1. The summed E-state index contributed by atoms with van der Waals surface area (Å²) < 4.78 is 7.65. The van der Waals surface area contributed by atoms with Gasteiger partial charge >= 0.3 is 0 Å². The molecule has 1 amide bonds. The summed E-state index contributed by atoms with van der Waals surface area (Å²) in [7, 11) is 0. The second-order valence-corrected chi connectivity index (χ2v) is 7.56. The third-order valence-electron chi connectivity index (χ3n) is 4.82. The van der Waals surface area contributed by atoms with Crippen LogP contribution in [0.5, 0.6) is 0 Å². The summed E-state index contributed by atoms with van der Waals surface area (Å²) in [4.78, 5) is 21.4. The SMILES string of the molecule is CCOCc1nc2c(N)nc3ccccc3c2n1CCNC(=O)C(N)CC(C)C. The van der Waals surface area contributed by atoms with Crippen LogP contribution in [0, 0.1) is 5.92 Å². The topological polar surface area (TPSA) is 121 Å². The average Bonchev–Trinajstić information content (AvgIpc) is 3.05. The molecule has 0 fully saturated rings. The van der Waals surface area contributed by atoms with E-state index in [4.69, 9.17) is 16.2 Å². The molecule has 3 aromatic rings. The molecule has 156 valence electrons. The van der Waals surface area contributed by atoms with Gasteiger partial charge in [-0.15, -0.1) is 0 Å². The molecule has 0 aliphatic carbocycles.